The quantitative estimate of drug-likeness (QED) is 0.774. The van der Waals surface area contributed by atoms with Crippen molar-refractivity contribution in [1.82, 2.24) is 14.1 Å². The summed E-state index contributed by atoms with van der Waals surface area (Å²) in [5.74, 6) is 0. The van der Waals surface area contributed by atoms with Gasteiger partial charge < -0.3 is 0 Å². The van der Waals surface area contributed by atoms with Crippen molar-refractivity contribution in [2.75, 3.05) is 0 Å². The largest absolute Gasteiger partial charge is 0.328 e. The highest BCUT2D eigenvalue weighted by molar-refractivity contribution is 5.08. The zero-order chi connectivity index (χ0) is 11.4. The van der Waals surface area contributed by atoms with Crippen molar-refractivity contribution in [1.29, 1.82) is 0 Å². The van der Waals surface area contributed by atoms with Gasteiger partial charge in [-0.1, -0.05) is 6.07 Å². The van der Waals surface area contributed by atoms with Gasteiger partial charge in [0.05, 0.1) is 0 Å². The predicted molar refractivity (Wildman–Crippen MR) is 62.3 cm³/mol. The summed E-state index contributed by atoms with van der Waals surface area (Å²) in [5.41, 5.74) is 1.21. The van der Waals surface area contributed by atoms with Crippen molar-refractivity contribution < 1.29 is 0 Å². The molecule has 0 amide bonds. The first kappa shape index (κ1) is 10.7. The van der Waals surface area contributed by atoms with Crippen LogP contribution in [0.25, 0.3) is 0 Å². The second-order valence-corrected chi connectivity index (χ2v) is 3.67. The van der Waals surface area contributed by atoms with Gasteiger partial charge in [0.25, 0.3) is 0 Å². The molecular formula is C12H15N3O. The van der Waals surface area contributed by atoms with Gasteiger partial charge in [0, 0.05) is 37.9 Å². The van der Waals surface area contributed by atoms with Crippen molar-refractivity contribution in [3.8, 4) is 0 Å². The smallest absolute Gasteiger partial charge is 0.300 e. The van der Waals surface area contributed by atoms with E-state index >= 15 is 0 Å². The van der Waals surface area contributed by atoms with E-state index in [0.29, 0.717) is 6.54 Å². The first-order valence-corrected chi connectivity index (χ1v) is 5.45. The lowest BCUT2D eigenvalue weighted by Crippen LogP contribution is -2.24. The first-order valence-electron chi connectivity index (χ1n) is 5.45. The van der Waals surface area contributed by atoms with Gasteiger partial charge in [-0.3, -0.25) is 14.1 Å². The SMILES string of the molecule is CCn1ccn(CCc2cccnc2)c1=O. The molecule has 0 saturated carbocycles. The van der Waals surface area contributed by atoms with E-state index in [-0.39, 0.29) is 5.69 Å². The molecule has 2 aromatic rings. The summed E-state index contributed by atoms with van der Waals surface area (Å²) in [6.45, 7) is 3.39. The Morgan fingerprint density at radius 1 is 1.31 bits per heavy atom. The third kappa shape index (κ3) is 2.21. The van der Waals surface area contributed by atoms with Crippen LogP contribution in [0.3, 0.4) is 0 Å². The van der Waals surface area contributed by atoms with Crippen LogP contribution in [-0.4, -0.2) is 14.1 Å². The first-order chi connectivity index (χ1) is 7.81. The van der Waals surface area contributed by atoms with E-state index in [2.05, 4.69) is 4.98 Å². The fourth-order valence-electron chi connectivity index (χ4n) is 1.66. The van der Waals surface area contributed by atoms with Crippen molar-refractivity contribution >= 4 is 0 Å². The molecule has 0 atom stereocenters. The van der Waals surface area contributed by atoms with E-state index in [1.165, 1.54) is 0 Å². The van der Waals surface area contributed by atoms with E-state index < -0.39 is 0 Å². The minimum Gasteiger partial charge on any atom is -0.300 e. The number of aryl methyl sites for hydroxylation is 3. The number of nitrogens with zero attached hydrogens (tertiary/aromatic N) is 3. The molecule has 0 aliphatic heterocycles. The van der Waals surface area contributed by atoms with Gasteiger partial charge in [0.15, 0.2) is 0 Å². The molecule has 0 radical (unpaired) electrons. The fourth-order valence-corrected chi connectivity index (χ4v) is 1.66. The molecular weight excluding hydrogens is 202 g/mol. The number of rotatable bonds is 4. The van der Waals surface area contributed by atoms with Gasteiger partial charge in [-0.15, -0.1) is 0 Å². The topological polar surface area (TPSA) is 39.8 Å². The van der Waals surface area contributed by atoms with Crippen LogP contribution in [0.15, 0.2) is 41.7 Å². The average Bonchev–Trinajstić information content (AvgIpc) is 2.69. The summed E-state index contributed by atoms with van der Waals surface area (Å²) < 4.78 is 3.43. The van der Waals surface area contributed by atoms with Crippen molar-refractivity contribution in [3.63, 3.8) is 0 Å². The van der Waals surface area contributed by atoms with Crippen LogP contribution in [0.5, 0.6) is 0 Å². The van der Waals surface area contributed by atoms with Crippen molar-refractivity contribution in [3.05, 3.63) is 53.0 Å². The number of pyridine rings is 1. The van der Waals surface area contributed by atoms with Crippen LogP contribution in [-0.2, 0) is 19.5 Å². The highest BCUT2D eigenvalue weighted by Crippen LogP contribution is 1.98. The van der Waals surface area contributed by atoms with E-state index in [9.17, 15) is 4.79 Å². The molecule has 0 fully saturated rings. The Hall–Kier alpha value is -1.84. The van der Waals surface area contributed by atoms with Gasteiger partial charge in [0.1, 0.15) is 0 Å². The lowest BCUT2D eigenvalue weighted by Gasteiger charge is -2.01. The van der Waals surface area contributed by atoms with Crippen molar-refractivity contribution in [2.45, 2.75) is 26.4 Å². The van der Waals surface area contributed by atoms with E-state index in [4.69, 9.17) is 0 Å². The number of imidazole rings is 1. The van der Waals surface area contributed by atoms with E-state index in [1.807, 2.05) is 37.6 Å². The van der Waals surface area contributed by atoms with Gasteiger partial charge >= 0.3 is 5.69 Å². The van der Waals surface area contributed by atoms with Crippen LogP contribution in [0, 0.1) is 0 Å². The zero-order valence-electron chi connectivity index (χ0n) is 9.34. The third-order valence-corrected chi connectivity index (χ3v) is 2.62. The number of hydrogen-bond acceptors (Lipinski definition) is 2. The van der Waals surface area contributed by atoms with E-state index in [0.717, 1.165) is 18.5 Å². The minimum atomic E-state index is 0.0615. The van der Waals surface area contributed by atoms with Crippen molar-refractivity contribution in [2.24, 2.45) is 0 Å². The summed E-state index contributed by atoms with van der Waals surface area (Å²) in [7, 11) is 0. The molecule has 2 heterocycles. The minimum absolute atomic E-state index is 0.0615. The molecule has 4 heteroatoms. The number of aromatic nitrogens is 3. The van der Waals surface area contributed by atoms with Gasteiger partial charge in [-0.05, 0) is 25.0 Å². The normalized spacial score (nSPS) is 10.6. The summed E-state index contributed by atoms with van der Waals surface area (Å²) >= 11 is 0. The van der Waals surface area contributed by atoms with Crippen LogP contribution in [0.2, 0.25) is 0 Å². The van der Waals surface area contributed by atoms with Crippen LogP contribution in [0.1, 0.15) is 12.5 Å². The molecule has 4 nitrogen and oxygen atoms in total. The maximum absolute atomic E-state index is 11.7. The molecule has 0 aliphatic rings. The molecule has 0 spiro atoms. The van der Waals surface area contributed by atoms with Crippen LogP contribution < -0.4 is 5.69 Å². The summed E-state index contributed by atoms with van der Waals surface area (Å²) in [6, 6.07) is 3.93. The third-order valence-electron chi connectivity index (χ3n) is 2.62. The Labute approximate surface area is 94.2 Å². The van der Waals surface area contributed by atoms with E-state index in [1.54, 1.807) is 15.3 Å². The lowest BCUT2D eigenvalue weighted by atomic mass is 10.2. The molecule has 0 unspecified atom stereocenters. The molecule has 0 aliphatic carbocycles. The summed E-state index contributed by atoms with van der Waals surface area (Å²) in [5, 5.41) is 0. The Balaban J connectivity index is 2.05. The molecule has 84 valence electrons. The molecule has 2 rings (SSSR count). The predicted octanol–water partition coefficient (Wildman–Crippen LogP) is 1.31. The second kappa shape index (κ2) is 4.79. The molecule has 2 aromatic heterocycles. The van der Waals surface area contributed by atoms with Gasteiger partial charge in [0.2, 0.25) is 0 Å². The van der Waals surface area contributed by atoms with Crippen LogP contribution in [0.4, 0.5) is 0 Å². The number of hydrogen-bond donors (Lipinski definition) is 0. The lowest BCUT2D eigenvalue weighted by molar-refractivity contribution is 0.626. The Kier molecular flexibility index (Phi) is 3.19. The maximum Gasteiger partial charge on any atom is 0.328 e. The van der Waals surface area contributed by atoms with Crippen LogP contribution >= 0.6 is 0 Å². The summed E-state index contributed by atoms with van der Waals surface area (Å²) in [4.78, 5) is 15.8. The second-order valence-electron chi connectivity index (χ2n) is 3.67. The average molecular weight is 217 g/mol. The Morgan fingerprint density at radius 3 is 2.75 bits per heavy atom. The Bertz CT molecular complexity index is 498. The van der Waals surface area contributed by atoms with Gasteiger partial charge in [-0.2, -0.15) is 0 Å². The monoisotopic (exact) mass is 217 g/mol. The molecule has 0 N–H and O–H groups in total. The standard InChI is InChI=1S/C12H15N3O/c1-2-14-8-9-15(12(14)16)7-5-11-4-3-6-13-10-11/h3-4,6,8-10H,2,5,7H2,1H3. The highest BCUT2D eigenvalue weighted by Gasteiger charge is 2.01. The molecule has 16 heavy (non-hydrogen) atoms. The molecule has 0 bridgehead atoms. The maximum atomic E-state index is 11.7. The van der Waals surface area contributed by atoms with Gasteiger partial charge in [-0.25, -0.2) is 4.79 Å². The fraction of sp³-hybridized carbons (Fsp3) is 0.333. The summed E-state index contributed by atoms with van der Waals surface area (Å²) in [6.07, 6.45) is 8.08. The zero-order valence-corrected chi connectivity index (χ0v) is 9.34. The Morgan fingerprint density at radius 2 is 2.12 bits per heavy atom. The highest BCUT2D eigenvalue weighted by atomic mass is 16.1. The molecule has 0 saturated heterocycles. The molecule has 0 aromatic carbocycles.